The van der Waals surface area contributed by atoms with E-state index in [9.17, 15) is 14.4 Å². The largest absolute Gasteiger partial charge is 0.465 e. The maximum atomic E-state index is 12.5. The zero-order chi connectivity index (χ0) is 20.1. The molecule has 1 aromatic rings. The van der Waals surface area contributed by atoms with Crippen LogP contribution in [0.15, 0.2) is 11.1 Å². The van der Waals surface area contributed by atoms with E-state index in [-0.39, 0.29) is 18.2 Å². The number of amides is 2. The summed E-state index contributed by atoms with van der Waals surface area (Å²) in [5, 5.41) is 3.35. The first-order valence-electron chi connectivity index (χ1n) is 9.14. The third-order valence-corrected chi connectivity index (χ3v) is 6.64. The molecule has 2 aliphatic rings. The van der Waals surface area contributed by atoms with Crippen molar-refractivity contribution in [2.24, 2.45) is 4.99 Å². The number of ether oxygens (including phenoxy) is 2. The first-order valence-corrected chi connectivity index (χ1v) is 10.8. The van der Waals surface area contributed by atoms with Crippen LogP contribution in [0, 0.1) is 0 Å². The number of rotatable bonds is 6. The number of carbonyl (C=O) groups excluding carboxylic acids is 3. The zero-order valence-corrected chi connectivity index (χ0v) is 17.5. The van der Waals surface area contributed by atoms with Crippen molar-refractivity contribution in [3.05, 3.63) is 16.5 Å². The lowest BCUT2D eigenvalue weighted by molar-refractivity contribution is -0.121. The van der Waals surface area contributed by atoms with Gasteiger partial charge >= 0.3 is 5.97 Å². The van der Waals surface area contributed by atoms with Gasteiger partial charge in [-0.3, -0.25) is 9.59 Å². The number of anilines is 1. The third-order valence-electron chi connectivity index (χ3n) is 4.32. The molecule has 28 heavy (non-hydrogen) atoms. The first-order chi connectivity index (χ1) is 13.5. The average Bonchev–Trinajstić information content (AvgIpc) is 3.25. The van der Waals surface area contributed by atoms with Crippen LogP contribution in [0.1, 0.15) is 35.0 Å². The summed E-state index contributed by atoms with van der Waals surface area (Å²) >= 11 is 2.68. The van der Waals surface area contributed by atoms with E-state index in [0.717, 1.165) is 17.7 Å². The molecule has 8 nitrogen and oxygen atoms in total. The molecule has 1 fully saturated rings. The van der Waals surface area contributed by atoms with Gasteiger partial charge in [0.05, 0.1) is 25.9 Å². The monoisotopic (exact) mass is 425 g/mol. The Labute approximate surface area is 171 Å². The molecule has 0 unspecified atom stereocenters. The fourth-order valence-electron chi connectivity index (χ4n) is 2.91. The number of nitrogens with zero attached hydrogens (tertiary/aromatic N) is 2. The van der Waals surface area contributed by atoms with Crippen molar-refractivity contribution < 1.29 is 23.9 Å². The summed E-state index contributed by atoms with van der Waals surface area (Å²) in [6, 6.07) is 1.75. The van der Waals surface area contributed by atoms with Gasteiger partial charge in [-0.1, -0.05) is 25.1 Å². The second-order valence-electron chi connectivity index (χ2n) is 6.39. The highest BCUT2D eigenvalue weighted by Gasteiger charge is 2.34. The molecule has 2 amide bonds. The molecule has 0 bridgehead atoms. The van der Waals surface area contributed by atoms with E-state index in [4.69, 9.17) is 9.47 Å². The van der Waals surface area contributed by atoms with Crippen LogP contribution in [-0.4, -0.2) is 66.5 Å². The van der Waals surface area contributed by atoms with Crippen molar-refractivity contribution in [3.8, 4) is 0 Å². The molecule has 0 aliphatic carbocycles. The van der Waals surface area contributed by atoms with Gasteiger partial charge < -0.3 is 19.7 Å². The summed E-state index contributed by atoms with van der Waals surface area (Å²) in [6.45, 7) is 4.64. The van der Waals surface area contributed by atoms with Crippen molar-refractivity contribution in [1.82, 2.24) is 4.90 Å². The Hall–Kier alpha value is -1.91. The predicted octanol–water partition coefficient (Wildman–Crippen LogP) is 2.15. The molecule has 1 N–H and O–H groups in total. The van der Waals surface area contributed by atoms with Crippen LogP contribution < -0.4 is 5.32 Å². The summed E-state index contributed by atoms with van der Waals surface area (Å²) in [5.74, 6) is -1.11. The molecule has 1 saturated heterocycles. The lowest BCUT2D eigenvalue weighted by atomic mass is 10.2. The average molecular weight is 426 g/mol. The molecule has 3 heterocycles. The van der Waals surface area contributed by atoms with E-state index < -0.39 is 11.2 Å². The number of aryl methyl sites for hydroxylation is 1. The van der Waals surface area contributed by atoms with E-state index in [1.807, 2.05) is 11.8 Å². The standard InChI is InChI=1S/C18H23N3O5S2/c1-3-4-11-9-12(17(24)25-2)16(27-11)19-14(22)10-13-15(23)20-18(28-13)21-5-7-26-8-6-21/h9,13H,3-8,10H2,1-2H3,(H,19,22)/t13-/m0/s1. The minimum atomic E-state index is -0.547. The van der Waals surface area contributed by atoms with E-state index in [0.29, 0.717) is 42.0 Å². The van der Waals surface area contributed by atoms with Crippen LogP contribution in [0.3, 0.4) is 0 Å². The first kappa shape index (κ1) is 20.8. The van der Waals surface area contributed by atoms with Crippen molar-refractivity contribution in [3.63, 3.8) is 0 Å². The number of aliphatic imine (C=N–C) groups is 1. The Balaban J connectivity index is 1.61. The molecule has 10 heteroatoms. The second kappa shape index (κ2) is 9.53. The number of amidine groups is 1. The summed E-state index contributed by atoms with van der Waals surface area (Å²) in [5.41, 5.74) is 0.347. The van der Waals surface area contributed by atoms with Crippen molar-refractivity contribution in [2.75, 3.05) is 38.7 Å². The molecular weight excluding hydrogens is 402 g/mol. The molecule has 2 aliphatic heterocycles. The smallest absolute Gasteiger partial charge is 0.340 e. The van der Waals surface area contributed by atoms with Crippen LogP contribution in [0.2, 0.25) is 0 Å². The van der Waals surface area contributed by atoms with Crippen molar-refractivity contribution in [1.29, 1.82) is 0 Å². The second-order valence-corrected chi connectivity index (χ2v) is 8.69. The van der Waals surface area contributed by atoms with Crippen molar-refractivity contribution >= 4 is 51.1 Å². The maximum Gasteiger partial charge on any atom is 0.340 e. The highest BCUT2D eigenvalue weighted by molar-refractivity contribution is 8.15. The van der Waals surface area contributed by atoms with E-state index in [1.165, 1.54) is 30.2 Å². The number of thiophene rings is 1. The van der Waals surface area contributed by atoms with Crippen LogP contribution in [-0.2, 0) is 25.5 Å². The molecule has 3 rings (SSSR count). The summed E-state index contributed by atoms with van der Waals surface area (Å²) in [6.07, 6.45) is 1.75. The number of thioether (sulfide) groups is 1. The highest BCUT2D eigenvalue weighted by atomic mass is 32.2. The molecule has 152 valence electrons. The number of hydrogen-bond acceptors (Lipinski definition) is 8. The van der Waals surface area contributed by atoms with Crippen LogP contribution in [0.25, 0.3) is 0 Å². The maximum absolute atomic E-state index is 12.5. The van der Waals surface area contributed by atoms with Gasteiger partial charge in [0.25, 0.3) is 5.91 Å². The fraction of sp³-hybridized carbons (Fsp3) is 0.556. The van der Waals surface area contributed by atoms with Gasteiger partial charge in [0.15, 0.2) is 5.17 Å². The van der Waals surface area contributed by atoms with E-state index >= 15 is 0 Å². The Bertz CT molecular complexity index is 786. The van der Waals surface area contributed by atoms with Gasteiger partial charge in [0.2, 0.25) is 5.91 Å². The topological polar surface area (TPSA) is 97.3 Å². The molecule has 0 aromatic carbocycles. The summed E-state index contributed by atoms with van der Waals surface area (Å²) < 4.78 is 10.1. The Morgan fingerprint density at radius 1 is 1.39 bits per heavy atom. The fourth-order valence-corrected chi connectivity index (χ4v) is 5.19. The van der Waals surface area contributed by atoms with Crippen LogP contribution in [0.4, 0.5) is 5.00 Å². The van der Waals surface area contributed by atoms with Gasteiger partial charge in [-0.2, -0.15) is 4.99 Å². The highest BCUT2D eigenvalue weighted by Crippen LogP contribution is 2.32. The molecule has 0 saturated carbocycles. The summed E-state index contributed by atoms with van der Waals surface area (Å²) in [7, 11) is 1.31. The number of carbonyl (C=O) groups is 3. The normalized spacial score (nSPS) is 19.5. The van der Waals surface area contributed by atoms with Gasteiger partial charge in [-0.05, 0) is 12.5 Å². The van der Waals surface area contributed by atoms with Gasteiger partial charge in [-0.15, -0.1) is 11.3 Å². The Morgan fingerprint density at radius 3 is 2.82 bits per heavy atom. The number of nitrogens with one attached hydrogen (secondary N) is 1. The number of hydrogen-bond donors (Lipinski definition) is 1. The van der Waals surface area contributed by atoms with E-state index in [1.54, 1.807) is 6.07 Å². The van der Waals surface area contributed by atoms with Gasteiger partial charge in [-0.25, -0.2) is 4.79 Å². The van der Waals surface area contributed by atoms with E-state index in [2.05, 4.69) is 10.3 Å². The Morgan fingerprint density at radius 2 is 2.14 bits per heavy atom. The van der Waals surface area contributed by atoms with Gasteiger partial charge in [0.1, 0.15) is 10.3 Å². The summed E-state index contributed by atoms with van der Waals surface area (Å²) in [4.78, 5) is 43.8. The van der Waals surface area contributed by atoms with Crippen molar-refractivity contribution in [2.45, 2.75) is 31.4 Å². The number of morpholine rings is 1. The minimum Gasteiger partial charge on any atom is -0.465 e. The predicted molar refractivity (Wildman–Crippen MR) is 109 cm³/mol. The SMILES string of the molecule is CCCc1cc(C(=O)OC)c(NC(=O)C[C@@H]2SC(N3CCOCC3)=NC2=O)s1. The molecular formula is C18H23N3O5S2. The Kier molecular flexibility index (Phi) is 7.08. The minimum absolute atomic E-state index is 0.00244. The van der Waals surface area contributed by atoms with Crippen LogP contribution >= 0.6 is 23.1 Å². The van der Waals surface area contributed by atoms with Gasteiger partial charge in [0, 0.05) is 24.4 Å². The third kappa shape index (κ3) is 4.92. The lowest BCUT2D eigenvalue weighted by Crippen LogP contribution is -2.39. The number of methoxy groups -OCH3 is 1. The quantitative estimate of drug-likeness (QED) is 0.698. The number of esters is 1. The molecule has 0 radical (unpaired) electrons. The molecule has 0 spiro atoms. The zero-order valence-electron chi connectivity index (χ0n) is 15.9. The molecule has 1 aromatic heterocycles. The van der Waals surface area contributed by atoms with Crippen LogP contribution in [0.5, 0.6) is 0 Å². The molecule has 1 atom stereocenters. The lowest BCUT2D eigenvalue weighted by Gasteiger charge is -2.27.